The molecule has 1 aliphatic rings. The van der Waals surface area contributed by atoms with Gasteiger partial charge in [-0.05, 0) is 25.8 Å². The second-order valence-electron chi connectivity index (χ2n) is 5.07. The van der Waals surface area contributed by atoms with Gasteiger partial charge in [-0.2, -0.15) is 0 Å². The molecule has 22 heavy (non-hydrogen) atoms. The van der Waals surface area contributed by atoms with Gasteiger partial charge in [0.1, 0.15) is 0 Å². The average molecular weight is 306 g/mol. The summed E-state index contributed by atoms with van der Waals surface area (Å²) < 4.78 is 5.00. The summed E-state index contributed by atoms with van der Waals surface area (Å²) in [5.74, 6) is -2.26. The molecule has 1 aliphatic heterocycles. The summed E-state index contributed by atoms with van der Waals surface area (Å²) in [7, 11) is 0. The van der Waals surface area contributed by atoms with Crippen LogP contribution in [0.3, 0.4) is 0 Å². The molecule has 1 atom stereocenters. The first-order valence-corrected chi connectivity index (χ1v) is 7.17. The van der Waals surface area contributed by atoms with Crippen molar-refractivity contribution in [1.82, 2.24) is 9.88 Å². The number of carbonyl (C=O) groups is 3. The van der Waals surface area contributed by atoms with Crippen LogP contribution in [0.1, 0.15) is 40.5 Å². The van der Waals surface area contributed by atoms with Crippen LogP contribution >= 0.6 is 0 Å². The van der Waals surface area contributed by atoms with E-state index in [1.165, 1.54) is 17.2 Å². The molecule has 0 bridgehead atoms. The van der Waals surface area contributed by atoms with Crippen LogP contribution in [0.5, 0.6) is 0 Å². The molecule has 1 saturated heterocycles. The van der Waals surface area contributed by atoms with Gasteiger partial charge in [-0.3, -0.25) is 14.6 Å². The molecule has 1 fully saturated rings. The Kier molecular flexibility index (Phi) is 5.08. The quantitative estimate of drug-likeness (QED) is 0.839. The van der Waals surface area contributed by atoms with Gasteiger partial charge in [0.05, 0.1) is 23.7 Å². The van der Waals surface area contributed by atoms with Crippen LogP contribution in [0.15, 0.2) is 18.5 Å². The van der Waals surface area contributed by atoms with Crippen LogP contribution in [0.25, 0.3) is 0 Å². The van der Waals surface area contributed by atoms with E-state index in [-0.39, 0.29) is 29.6 Å². The number of carboxylic acids is 1. The minimum Gasteiger partial charge on any atom is -0.478 e. The number of ether oxygens (including phenoxy) is 1. The van der Waals surface area contributed by atoms with E-state index in [4.69, 9.17) is 9.84 Å². The average Bonchev–Trinajstić information content (AvgIpc) is 2.54. The van der Waals surface area contributed by atoms with Gasteiger partial charge >= 0.3 is 11.9 Å². The van der Waals surface area contributed by atoms with Gasteiger partial charge in [0.2, 0.25) is 0 Å². The van der Waals surface area contributed by atoms with Gasteiger partial charge in [0.15, 0.2) is 0 Å². The fourth-order valence-corrected chi connectivity index (χ4v) is 2.54. The van der Waals surface area contributed by atoms with Crippen molar-refractivity contribution in [2.75, 3.05) is 19.7 Å². The number of hydrogen-bond acceptors (Lipinski definition) is 5. The van der Waals surface area contributed by atoms with E-state index < -0.39 is 11.9 Å². The second-order valence-corrected chi connectivity index (χ2v) is 5.07. The van der Waals surface area contributed by atoms with Crippen molar-refractivity contribution < 1.29 is 24.2 Å². The first kappa shape index (κ1) is 15.9. The third kappa shape index (κ3) is 3.41. The fraction of sp³-hybridized carbons (Fsp3) is 0.467. The number of amides is 1. The molecule has 118 valence electrons. The highest BCUT2D eigenvalue weighted by Crippen LogP contribution is 2.21. The summed E-state index contributed by atoms with van der Waals surface area (Å²) in [5.41, 5.74) is -0.0437. The molecule has 0 spiro atoms. The first-order valence-electron chi connectivity index (χ1n) is 7.17. The van der Waals surface area contributed by atoms with Gasteiger partial charge in [0, 0.05) is 25.5 Å². The van der Waals surface area contributed by atoms with Crippen LogP contribution < -0.4 is 0 Å². The van der Waals surface area contributed by atoms with Crippen molar-refractivity contribution in [2.24, 2.45) is 5.92 Å². The number of hydrogen-bond donors (Lipinski definition) is 1. The molecule has 7 nitrogen and oxygen atoms in total. The van der Waals surface area contributed by atoms with Gasteiger partial charge in [-0.1, -0.05) is 0 Å². The number of rotatable bonds is 4. The van der Waals surface area contributed by atoms with Crippen molar-refractivity contribution in [2.45, 2.75) is 19.8 Å². The molecule has 0 saturated carbocycles. The minimum atomic E-state index is -1.20. The van der Waals surface area contributed by atoms with E-state index in [9.17, 15) is 14.4 Å². The van der Waals surface area contributed by atoms with E-state index in [2.05, 4.69) is 4.98 Å². The number of carboxylic acid groups (broad SMARTS) is 1. The predicted octanol–water partition coefficient (Wildman–Crippen LogP) is 1.20. The summed E-state index contributed by atoms with van der Waals surface area (Å²) in [6.07, 6.45) is 3.89. The summed E-state index contributed by atoms with van der Waals surface area (Å²) in [5, 5.41) is 9.14. The highest BCUT2D eigenvalue weighted by molar-refractivity contribution is 6.04. The number of carbonyl (C=O) groups excluding carboxylic acids is 2. The molecule has 1 unspecified atom stereocenters. The number of aromatic nitrogens is 1. The Morgan fingerprint density at radius 2 is 2.18 bits per heavy atom. The highest BCUT2D eigenvalue weighted by atomic mass is 16.5. The Morgan fingerprint density at radius 3 is 2.86 bits per heavy atom. The monoisotopic (exact) mass is 306 g/mol. The largest absolute Gasteiger partial charge is 0.478 e. The van der Waals surface area contributed by atoms with E-state index in [1.807, 2.05) is 0 Å². The number of piperidine rings is 1. The topological polar surface area (TPSA) is 96.8 Å². The van der Waals surface area contributed by atoms with Gasteiger partial charge in [0.25, 0.3) is 5.91 Å². The summed E-state index contributed by atoms with van der Waals surface area (Å²) in [6, 6.07) is 1.39. The second kappa shape index (κ2) is 7.02. The first-order chi connectivity index (χ1) is 10.5. The lowest BCUT2D eigenvalue weighted by atomic mass is 9.97. The molecular formula is C15H18N2O5. The molecule has 1 amide bonds. The maximum absolute atomic E-state index is 12.5. The van der Waals surface area contributed by atoms with Crippen LogP contribution in [0.4, 0.5) is 0 Å². The number of nitrogens with zero attached hydrogens (tertiary/aromatic N) is 2. The molecular weight excluding hydrogens is 288 g/mol. The molecule has 7 heteroatoms. The maximum atomic E-state index is 12.5. The molecule has 0 radical (unpaired) electrons. The number of aromatic carboxylic acids is 1. The predicted molar refractivity (Wildman–Crippen MR) is 76.5 cm³/mol. The molecule has 1 N–H and O–H groups in total. The van der Waals surface area contributed by atoms with E-state index in [0.717, 1.165) is 6.20 Å². The third-order valence-electron chi connectivity index (χ3n) is 3.61. The van der Waals surface area contributed by atoms with E-state index in [0.29, 0.717) is 26.0 Å². The summed E-state index contributed by atoms with van der Waals surface area (Å²) >= 11 is 0. The Bertz CT molecular complexity index is 587. The number of esters is 1. The number of likely N-dealkylation sites (tertiary alicyclic amines) is 1. The third-order valence-corrected chi connectivity index (χ3v) is 3.61. The summed E-state index contributed by atoms with van der Waals surface area (Å²) in [6.45, 7) is 2.78. The SMILES string of the molecule is CCOC(=O)C1CCCN(C(=O)c2ccncc2C(=O)O)C1. The molecule has 2 heterocycles. The lowest BCUT2D eigenvalue weighted by molar-refractivity contribution is -0.149. The van der Waals surface area contributed by atoms with Crippen LogP contribution in [0, 0.1) is 5.92 Å². The van der Waals surface area contributed by atoms with Gasteiger partial charge < -0.3 is 14.7 Å². The van der Waals surface area contributed by atoms with E-state index >= 15 is 0 Å². The Morgan fingerprint density at radius 1 is 1.41 bits per heavy atom. The minimum absolute atomic E-state index is 0.0898. The normalized spacial score (nSPS) is 17.9. The fourth-order valence-electron chi connectivity index (χ4n) is 2.54. The smallest absolute Gasteiger partial charge is 0.338 e. The molecule has 1 aromatic heterocycles. The molecule has 1 aromatic rings. The Hall–Kier alpha value is -2.44. The van der Waals surface area contributed by atoms with Gasteiger partial charge in [-0.25, -0.2) is 4.79 Å². The standard InChI is InChI=1S/C15H18N2O5/c1-2-22-15(21)10-4-3-7-17(9-10)13(18)11-5-6-16-8-12(11)14(19)20/h5-6,8,10H,2-4,7,9H2,1H3,(H,19,20). The van der Waals surface area contributed by atoms with Crippen molar-refractivity contribution in [3.63, 3.8) is 0 Å². The molecule has 2 rings (SSSR count). The van der Waals surface area contributed by atoms with Crippen LogP contribution in [0.2, 0.25) is 0 Å². The molecule has 0 aliphatic carbocycles. The Labute approximate surface area is 127 Å². The van der Waals surface area contributed by atoms with Crippen LogP contribution in [-0.2, 0) is 9.53 Å². The van der Waals surface area contributed by atoms with E-state index in [1.54, 1.807) is 6.92 Å². The molecule has 0 aromatic carbocycles. The highest BCUT2D eigenvalue weighted by Gasteiger charge is 2.31. The zero-order valence-electron chi connectivity index (χ0n) is 12.3. The lowest BCUT2D eigenvalue weighted by Crippen LogP contribution is -2.43. The number of pyridine rings is 1. The lowest BCUT2D eigenvalue weighted by Gasteiger charge is -2.31. The zero-order valence-corrected chi connectivity index (χ0v) is 12.3. The van der Waals surface area contributed by atoms with Crippen molar-refractivity contribution >= 4 is 17.8 Å². The van der Waals surface area contributed by atoms with Crippen molar-refractivity contribution in [1.29, 1.82) is 0 Å². The van der Waals surface area contributed by atoms with Crippen molar-refractivity contribution in [3.05, 3.63) is 29.6 Å². The Balaban J connectivity index is 2.16. The van der Waals surface area contributed by atoms with Crippen LogP contribution in [-0.4, -0.2) is 52.5 Å². The zero-order chi connectivity index (χ0) is 16.1. The van der Waals surface area contributed by atoms with Gasteiger partial charge in [-0.15, -0.1) is 0 Å². The van der Waals surface area contributed by atoms with Crippen molar-refractivity contribution in [3.8, 4) is 0 Å². The summed E-state index contributed by atoms with van der Waals surface area (Å²) in [4.78, 5) is 40.8. The maximum Gasteiger partial charge on any atom is 0.338 e.